The lowest BCUT2D eigenvalue weighted by Crippen LogP contribution is -2.24. The van der Waals surface area contributed by atoms with Gasteiger partial charge in [0, 0.05) is 18.9 Å². The van der Waals surface area contributed by atoms with E-state index in [0.717, 1.165) is 35.1 Å². The molecule has 1 aliphatic carbocycles. The fourth-order valence-corrected chi connectivity index (χ4v) is 5.63. The number of hydrogen-bond donors (Lipinski definition) is 2. The quantitative estimate of drug-likeness (QED) is 0.122. The summed E-state index contributed by atoms with van der Waals surface area (Å²) in [5, 5.41) is 12.4. The highest BCUT2D eigenvalue weighted by Gasteiger charge is 2.29. The molecule has 0 aromatic heterocycles. The zero-order valence-corrected chi connectivity index (χ0v) is 25.2. The van der Waals surface area contributed by atoms with Crippen LogP contribution in [-0.4, -0.2) is 41.9 Å². The van der Waals surface area contributed by atoms with Gasteiger partial charge in [-0.3, -0.25) is 4.79 Å². The lowest BCUT2D eigenvalue weighted by atomic mass is 9.98. The minimum Gasteiger partial charge on any atom is -0.477 e. The predicted octanol–water partition coefficient (Wildman–Crippen LogP) is 8.45. The van der Waals surface area contributed by atoms with E-state index in [9.17, 15) is 19.5 Å². The monoisotopic (exact) mass is 576 g/mol. The second kappa shape index (κ2) is 18.9. The minimum atomic E-state index is -1.23. The number of aliphatic carboxylic acids is 1. The average Bonchev–Trinajstić information content (AvgIpc) is 3.31. The van der Waals surface area contributed by atoms with Gasteiger partial charge >= 0.3 is 12.1 Å². The van der Waals surface area contributed by atoms with Crippen LogP contribution in [0.25, 0.3) is 11.1 Å². The molecule has 228 valence electrons. The summed E-state index contributed by atoms with van der Waals surface area (Å²) in [6, 6.07) is 16.0. The number of rotatable bonds is 20. The molecule has 2 aromatic carbocycles. The molecule has 0 radical (unpaired) electrons. The average molecular weight is 577 g/mol. The number of aliphatic imine (C=N–C) groups is 1. The van der Waals surface area contributed by atoms with Gasteiger partial charge in [0.1, 0.15) is 12.3 Å². The molecule has 0 heterocycles. The molecule has 7 nitrogen and oxygen atoms in total. The number of ether oxygens (including phenoxy) is 1. The lowest BCUT2D eigenvalue weighted by Gasteiger charge is -2.13. The summed E-state index contributed by atoms with van der Waals surface area (Å²) in [4.78, 5) is 39.9. The number of carbonyl (C=O) groups excluding carboxylic acids is 2. The Morgan fingerprint density at radius 1 is 0.738 bits per heavy atom. The molecule has 0 saturated heterocycles. The molecule has 0 atom stereocenters. The van der Waals surface area contributed by atoms with Crippen molar-refractivity contribution in [2.45, 2.75) is 109 Å². The van der Waals surface area contributed by atoms with Crippen molar-refractivity contribution in [1.29, 1.82) is 0 Å². The van der Waals surface area contributed by atoms with E-state index >= 15 is 0 Å². The van der Waals surface area contributed by atoms with Crippen molar-refractivity contribution in [3.8, 4) is 11.1 Å². The molecular formula is C35H48N2O5. The van der Waals surface area contributed by atoms with Crippen molar-refractivity contribution in [2.75, 3.05) is 13.2 Å². The molecule has 0 bridgehead atoms. The summed E-state index contributed by atoms with van der Waals surface area (Å²) in [7, 11) is 0. The van der Waals surface area contributed by atoms with Gasteiger partial charge < -0.3 is 15.2 Å². The normalized spacial score (nSPS) is 12.5. The smallest absolute Gasteiger partial charge is 0.434 e. The minimum absolute atomic E-state index is 0.0386. The highest BCUT2D eigenvalue weighted by Crippen LogP contribution is 2.44. The van der Waals surface area contributed by atoms with Crippen molar-refractivity contribution in [3.05, 3.63) is 59.7 Å². The van der Waals surface area contributed by atoms with E-state index in [2.05, 4.69) is 29.4 Å². The summed E-state index contributed by atoms with van der Waals surface area (Å²) >= 11 is 0. The van der Waals surface area contributed by atoms with Crippen molar-refractivity contribution in [2.24, 2.45) is 4.99 Å². The Hall–Kier alpha value is -3.48. The maximum absolute atomic E-state index is 12.4. The van der Waals surface area contributed by atoms with Crippen LogP contribution in [0.5, 0.6) is 0 Å². The largest absolute Gasteiger partial charge is 0.477 e. The maximum Gasteiger partial charge on any atom is 0.434 e. The Labute approximate surface area is 251 Å². The van der Waals surface area contributed by atoms with Crippen LogP contribution in [-0.2, 0) is 14.3 Å². The summed E-state index contributed by atoms with van der Waals surface area (Å²) < 4.78 is 5.42. The second-order valence-electron chi connectivity index (χ2n) is 11.3. The summed E-state index contributed by atoms with van der Waals surface area (Å²) in [5.41, 5.74) is 4.18. The summed E-state index contributed by atoms with van der Waals surface area (Å²) in [6.07, 6.45) is 14.6. The van der Waals surface area contributed by atoms with E-state index < -0.39 is 12.1 Å². The molecule has 0 fully saturated rings. The highest BCUT2D eigenvalue weighted by molar-refractivity contribution is 6.37. The van der Waals surface area contributed by atoms with E-state index in [1.807, 2.05) is 36.4 Å². The Bertz CT molecular complexity index is 1130. The number of benzene rings is 2. The van der Waals surface area contributed by atoms with Crippen LogP contribution in [0.15, 0.2) is 53.5 Å². The van der Waals surface area contributed by atoms with Crippen LogP contribution in [0.2, 0.25) is 0 Å². The second-order valence-corrected chi connectivity index (χ2v) is 11.3. The van der Waals surface area contributed by atoms with E-state index in [1.54, 1.807) is 0 Å². The van der Waals surface area contributed by atoms with Crippen LogP contribution < -0.4 is 5.32 Å². The summed E-state index contributed by atoms with van der Waals surface area (Å²) in [5.74, 6) is -1.31. The number of carboxylic acid groups (broad SMARTS) is 1. The number of fused-ring (bicyclic) bond motifs is 3. The van der Waals surface area contributed by atoms with E-state index in [4.69, 9.17) is 4.74 Å². The highest BCUT2D eigenvalue weighted by atomic mass is 16.5. The van der Waals surface area contributed by atoms with Crippen molar-refractivity contribution >= 4 is 23.7 Å². The van der Waals surface area contributed by atoms with Crippen LogP contribution >= 0.6 is 0 Å². The third-order valence-corrected chi connectivity index (χ3v) is 7.98. The molecule has 0 saturated carbocycles. The Morgan fingerprint density at radius 3 is 1.83 bits per heavy atom. The molecule has 2 aromatic rings. The number of carboxylic acids is 1. The first-order chi connectivity index (χ1) is 20.5. The number of nitrogens with zero attached hydrogens (tertiary/aromatic N) is 1. The number of unbranched alkanes of at least 4 members (excludes halogenated alkanes) is 11. The Kier molecular flexibility index (Phi) is 14.8. The molecule has 0 aliphatic heterocycles. The van der Waals surface area contributed by atoms with Gasteiger partial charge in [-0.15, -0.1) is 0 Å². The lowest BCUT2D eigenvalue weighted by molar-refractivity contribution is -0.129. The van der Waals surface area contributed by atoms with Gasteiger partial charge in [-0.05, 0) is 47.9 Å². The zero-order chi connectivity index (χ0) is 30.0. The van der Waals surface area contributed by atoms with Crippen LogP contribution in [0.4, 0.5) is 4.79 Å². The number of amides is 2. The van der Waals surface area contributed by atoms with Gasteiger partial charge in [0.05, 0.1) is 0 Å². The van der Waals surface area contributed by atoms with E-state index in [-0.39, 0.29) is 30.6 Å². The fraction of sp³-hybridized carbons (Fsp3) is 0.543. The van der Waals surface area contributed by atoms with Gasteiger partial charge in [-0.2, -0.15) is 4.99 Å². The molecule has 3 rings (SSSR count). The third-order valence-electron chi connectivity index (χ3n) is 7.98. The Balaban J connectivity index is 1.28. The molecule has 0 spiro atoms. The van der Waals surface area contributed by atoms with Gasteiger partial charge in [0.15, 0.2) is 0 Å². The van der Waals surface area contributed by atoms with Crippen molar-refractivity contribution in [3.63, 3.8) is 0 Å². The van der Waals surface area contributed by atoms with Gasteiger partial charge in [0.2, 0.25) is 5.91 Å². The van der Waals surface area contributed by atoms with Gasteiger partial charge in [-0.25, -0.2) is 9.59 Å². The number of hydrogen-bond acceptors (Lipinski definition) is 4. The topological polar surface area (TPSA) is 105 Å². The summed E-state index contributed by atoms with van der Waals surface area (Å²) in [6.45, 7) is 2.81. The first-order valence-corrected chi connectivity index (χ1v) is 15.9. The standard InChI is InChI=1S/C35H48N2O5/c1-2-3-4-5-6-7-8-9-10-11-12-24-33(38)36-25-18-17-23-32(34(39)40)37-35(41)42-26-31-29-21-15-13-19-27(29)28-20-14-16-22-30(28)31/h13-16,19-22,31H,2-12,17-18,23-26H2,1H3,(H,36,38)(H,39,40)/b37-32+. The molecule has 42 heavy (non-hydrogen) atoms. The molecule has 0 unspecified atom stereocenters. The number of carbonyl (C=O) groups is 3. The molecule has 1 aliphatic rings. The first kappa shape index (κ1) is 33.0. The van der Waals surface area contributed by atoms with Crippen molar-refractivity contribution in [1.82, 2.24) is 5.32 Å². The van der Waals surface area contributed by atoms with Crippen LogP contribution in [0.1, 0.15) is 120 Å². The fourth-order valence-electron chi connectivity index (χ4n) is 5.63. The predicted molar refractivity (Wildman–Crippen MR) is 168 cm³/mol. The molecular weight excluding hydrogens is 528 g/mol. The SMILES string of the molecule is CCCCCCCCCCCCCC(=O)NCCCC/C(=N\C(=O)OCC1c2ccccc2-c2ccccc21)C(=O)O. The first-order valence-electron chi connectivity index (χ1n) is 15.9. The van der Waals surface area contributed by atoms with E-state index in [0.29, 0.717) is 25.8 Å². The van der Waals surface area contributed by atoms with E-state index in [1.165, 1.54) is 57.8 Å². The van der Waals surface area contributed by atoms with Gasteiger partial charge in [0.25, 0.3) is 0 Å². The van der Waals surface area contributed by atoms with Crippen LogP contribution in [0, 0.1) is 0 Å². The zero-order valence-electron chi connectivity index (χ0n) is 25.2. The van der Waals surface area contributed by atoms with Crippen LogP contribution in [0.3, 0.4) is 0 Å². The third kappa shape index (κ3) is 11.1. The number of nitrogens with one attached hydrogen (secondary N) is 1. The molecule has 2 N–H and O–H groups in total. The maximum atomic E-state index is 12.4. The molecule has 7 heteroatoms. The Morgan fingerprint density at radius 2 is 1.26 bits per heavy atom. The van der Waals surface area contributed by atoms with Crippen molar-refractivity contribution < 1.29 is 24.2 Å². The van der Waals surface area contributed by atoms with Gasteiger partial charge in [-0.1, -0.05) is 120 Å². The molecule has 2 amide bonds.